The molecule has 0 saturated heterocycles. The molecule has 0 aromatic heterocycles. The van der Waals surface area contributed by atoms with Crippen molar-refractivity contribution in [1.29, 1.82) is 0 Å². The molecular formula is C21H24BrN3O4S. The predicted octanol–water partition coefficient (Wildman–Crippen LogP) is 3.65. The number of carbonyl (C=O) groups excluding carboxylic acids is 2. The highest BCUT2D eigenvalue weighted by Gasteiger charge is 2.10. The quantitative estimate of drug-likeness (QED) is 0.295. The number of hydrogen-bond acceptors (Lipinski definition) is 5. The summed E-state index contributed by atoms with van der Waals surface area (Å²) < 4.78 is 12.0. The second-order valence-electron chi connectivity index (χ2n) is 6.38. The third-order valence-electron chi connectivity index (χ3n) is 3.92. The minimum absolute atomic E-state index is 0.0311. The number of ether oxygens (including phenoxy) is 2. The van der Waals surface area contributed by atoms with E-state index in [0.717, 1.165) is 22.9 Å². The summed E-state index contributed by atoms with van der Waals surface area (Å²) in [7, 11) is 0. The van der Waals surface area contributed by atoms with Gasteiger partial charge in [0.25, 0.3) is 11.8 Å². The van der Waals surface area contributed by atoms with E-state index >= 15 is 0 Å². The number of aryl methyl sites for hydroxylation is 1. The Labute approximate surface area is 189 Å². The molecule has 0 aliphatic heterocycles. The average Bonchev–Trinajstić information content (AvgIpc) is 2.72. The van der Waals surface area contributed by atoms with Crippen molar-refractivity contribution in [2.75, 3.05) is 13.2 Å². The fourth-order valence-electron chi connectivity index (χ4n) is 2.32. The summed E-state index contributed by atoms with van der Waals surface area (Å²) in [6, 6.07) is 12.2. The van der Waals surface area contributed by atoms with Gasteiger partial charge in [0, 0.05) is 10.0 Å². The summed E-state index contributed by atoms with van der Waals surface area (Å²) in [4.78, 5) is 24.1. The Morgan fingerprint density at radius 1 is 1.07 bits per heavy atom. The van der Waals surface area contributed by atoms with Gasteiger partial charge in [0.2, 0.25) is 0 Å². The summed E-state index contributed by atoms with van der Waals surface area (Å²) in [6.45, 7) is 4.41. The van der Waals surface area contributed by atoms with E-state index in [0.29, 0.717) is 23.7 Å². The van der Waals surface area contributed by atoms with Crippen LogP contribution in [0.5, 0.6) is 11.5 Å². The second-order valence-corrected chi connectivity index (χ2v) is 7.71. The van der Waals surface area contributed by atoms with Crippen molar-refractivity contribution < 1.29 is 19.1 Å². The normalized spacial score (nSPS) is 10.1. The van der Waals surface area contributed by atoms with Gasteiger partial charge < -0.3 is 9.47 Å². The molecule has 0 spiro atoms. The molecule has 2 aromatic carbocycles. The number of rotatable bonds is 8. The number of carbonyl (C=O) groups is 2. The maximum absolute atomic E-state index is 12.2. The topological polar surface area (TPSA) is 88.7 Å². The predicted molar refractivity (Wildman–Crippen MR) is 123 cm³/mol. The third kappa shape index (κ3) is 8.00. The number of unbranched alkanes of at least 4 members (excludes halogenated alkanes) is 1. The first-order chi connectivity index (χ1) is 14.4. The molecule has 0 heterocycles. The highest BCUT2D eigenvalue weighted by Crippen LogP contribution is 2.21. The Morgan fingerprint density at radius 3 is 2.47 bits per heavy atom. The molecule has 2 rings (SSSR count). The van der Waals surface area contributed by atoms with E-state index < -0.39 is 11.8 Å². The summed E-state index contributed by atoms with van der Waals surface area (Å²) in [5.74, 6) is 0.464. The van der Waals surface area contributed by atoms with Crippen molar-refractivity contribution in [2.45, 2.75) is 26.7 Å². The van der Waals surface area contributed by atoms with Crippen molar-refractivity contribution in [1.82, 2.24) is 16.2 Å². The summed E-state index contributed by atoms with van der Waals surface area (Å²) in [5, 5.41) is 2.46. The molecule has 0 saturated carbocycles. The number of halogens is 1. The Bertz CT molecular complexity index is 890. The number of benzene rings is 2. The van der Waals surface area contributed by atoms with E-state index in [2.05, 4.69) is 39.0 Å². The van der Waals surface area contributed by atoms with Crippen LogP contribution in [0.3, 0.4) is 0 Å². The van der Waals surface area contributed by atoms with Crippen molar-refractivity contribution in [3.05, 3.63) is 58.1 Å². The number of thiocarbonyl (C=S) groups is 1. The number of amides is 2. The van der Waals surface area contributed by atoms with Crippen LogP contribution in [0.15, 0.2) is 46.9 Å². The highest BCUT2D eigenvalue weighted by atomic mass is 79.9. The lowest BCUT2D eigenvalue weighted by Gasteiger charge is -2.12. The molecular weight excluding hydrogens is 470 g/mol. The van der Waals surface area contributed by atoms with Crippen molar-refractivity contribution in [2.24, 2.45) is 0 Å². The van der Waals surface area contributed by atoms with Gasteiger partial charge in [-0.05, 0) is 73.6 Å². The van der Waals surface area contributed by atoms with Crippen LogP contribution in [0.2, 0.25) is 0 Å². The molecule has 2 aromatic rings. The summed E-state index contributed by atoms with van der Waals surface area (Å²) in [6.07, 6.45) is 2.03. The molecule has 0 atom stereocenters. The number of hydrazine groups is 1. The van der Waals surface area contributed by atoms with Crippen LogP contribution in [-0.2, 0) is 4.79 Å². The van der Waals surface area contributed by atoms with Crippen molar-refractivity contribution in [3.8, 4) is 11.5 Å². The number of hydrogen-bond donors (Lipinski definition) is 3. The molecule has 0 bridgehead atoms. The maximum Gasteiger partial charge on any atom is 0.276 e. The fourth-order valence-corrected chi connectivity index (χ4v) is 2.94. The lowest BCUT2D eigenvalue weighted by Crippen LogP contribution is -2.49. The standard InChI is InChI=1S/C21H24BrN3O4S/c1-3-4-11-28-17-8-5-15(6-9-17)20(27)23-21(30)25-24-19(26)13-29-18-10-7-16(22)12-14(18)2/h5-10,12H,3-4,11,13H2,1-2H3,(H,24,26)(H2,23,25,27,30). The zero-order valence-electron chi connectivity index (χ0n) is 16.8. The van der Waals surface area contributed by atoms with Gasteiger partial charge in [-0.3, -0.25) is 25.8 Å². The van der Waals surface area contributed by atoms with Crippen LogP contribution in [0.25, 0.3) is 0 Å². The first-order valence-electron chi connectivity index (χ1n) is 9.41. The van der Waals surface area contributed by atoms with E-state index in [1.165, 1.54) is 0 Å². The van der Waals surface area contributed by atoms with Crippen LogP contribution in [0.4, 0.5) is 0 Å². The van der Waals surface area contributed by atoms with Crippen LogP contribution in [-0.4, -0.2) is 30.1 Å². The Kier molecular flexibility index (Phi) is 9.56. The lowest BCUT2D eigenvalue weighted by molar-refractivity contribution is -0.123. The van der Waals surface area contributed by atoms with E-state index in [1.807, 2.05) is 19.1 Å². The zero-order valence-corrected chi connectivity index (χ0v) is 19.2. The molecule has 0 unspecified atom stereocenters. The fraction of sp³-hybridized carbons (Fsp3) is 0.286. The van der Waals surface area contributed by atoms with Gasteiger partial charge in [-0.2, -0.15) is 0 Å². The van der Waals surface area contributed by atoms with Gasteiger partial charge in [-0.15, -0.1) is 0 Å². The first kappa shape index (κ1) is 23.6. The van der Waals surface area contributed by atoms with E-state index in [1.54, 1.807) is 30.3 Å². The second kappa shape index (κ2) is 12.1. The Balaban J connectivity index is 1.72. The van der Waals surface area contributed by atoms with Crippen molar-refractivity contribution >= 4 is 45.1 Å². The molecule has 3 N–H and O–H groups in total. The van der Waals surface area contributed by atoms with Crippen LogP contribution < -0.4 is 25.6 Å². The Hall–Kier alpha value is -2.65. The highest BCUT2D eigenvalue weighted by molar-refractivity contribution is 9.10. The minimum atomic E-state index is -0.442. The molecule has 0 aliphatic rings. The van der Waals surface area contributed by atoms with Gasteiger partial charge in [0.1, 0.15) is 11.5 Å². The molecule has 0 radical (unpaired) electrons. The van der Waals surface area contributed by atoms with Crippen LogP contribution in [0.1, 0.15) is 35.7 Å². The zero-order chi connectivity index (χ0) is 21.9. The monoisotopic (exact) mass is 493 g/mol. The maximum atomic E-state index is 12.2. The third-order valence-corrected chi connectivity index (χ3v) is 4.62. The van der Waals surface area contributed by atoms with E-state index in [4.69, 9.17) is 21.7 Å². The molecule has 7 nitrogen and oxygen atoms in total. The van der Waals surface area contributed by atoms with Gasteiger partial charge in [-0.25, -0.2) is 0 Å². The summed E-state index contributed by atoms with van der Waals surface area (Å²) >= 11 is 8.40. The minimum Gasteiger partial charge on any atom is -0.494 e. The van der Waals surface area contributed by atoms with Gasteiger partial charge in [0.05, 0.1) is 6.61 Å². The molecule has 0 aliphatic carbocycles. The van der Waals surface area contributed by atoms with Gasteiger partial charge in [0.15, 0.2) is 11.7 Å². The lowest BCUT2D eigenvalue weighted by atomic mass is 10.2. The Morgan fingerprint density at radius 2 is 1.80 bits per heavy atom. The van der Waals surface area contributed by atoms with E-state index in [-0.39, 0.29) is 11.7 Å². The average molecular weight is 494 g/mol. The largest absolute Gasteiger partial charge is 0.494 e. The van der Waals surface area contributed by atoms with Gasteiger partial charge >= 0.3 is 0 Å². The molecule has 30 heavy (non-hydrogen) atoms. The molecule has 2 amide bonds. The smallest absolute Gasteiger partial charge is 0.276 e. The molecule has 0 fully saturated rings. The van der Waals surface area contributed by atoms with E-state index in [9.17, 15) is 9.59 Å². The number of nitrogens with one attached hydrogen (secondary N) is 3. The van der Waals surface area contributed by atoms with Crippen LogP contribution >= 0.6 is 28.1 Å². The first-order valence-corrected chi connectivity index (χ1v) is 10.6. The summed E-state index contributed by atoms with van der Waals surface area (Å²) in [5.41, 5.74) is 6.17. The van der Waals surface area contributed by atoms with Gasteiger partial charge in [-0.1, -0.05) is 29.3 Å². The van der Waals surface area contributed by atoms with Crippen LogP contribution in [0, 0.1) is 6.92 Å². The molecule has 160 valence electrons. The SMILES string of the molecule is CCCCOc1ccc(C(=O)NC(=S)NNC(=O)COc2ccc(Br)cc2C)cc1. The van der Waals surface area contributed by atoms with Crippen molar-refractivity contribution in [3.63, 3.8) is 0 Å². The molecule has 9 heteroatoms.